The molecule has 1 aliphatic heterocycles. The van der Waals surface area contributed by atoms with Gasteiger partial charge in [0.05, 0.1) is 0 Å². The van der Waals surface area contributed by atoms with Crippen molar-refractivity contribution >= 4 is 17.9 Å². The van der Waals surface area contributed by atoms with Crippen molar-refractivity contribution < 1.29 is 9.59 Å². The number of hydrogen-bond acceptors (Lipinski definition) is 2. The van der Waals surface area contributed by atoms with E-state index in [2.05, 4.69) is 19.2 Å². The Kier molecular flexibility index (Phi) is 7.04. The molecule has 2 amide bonds. The second-order valence-electron chi connectivity index (χ2n) is 6.37. The average Bonchev–Trinajstić information content (AvgIpc) is 2.65. The predicted octanol–water partition coefficient (Wildman–Crippen LogP) is 3.24. The number of carbonyl (C=O) groups excluding carboxylic acids is 2. The molecule has 4 nitrogen and oxygen atoms in total. The van der Waals surface area contributed by atoms with Crippen LogP contribution < -0.4 is 5.32 Å². The maximum absolute atomic E-state index is 12.3. The van der Waals surface area contributed by atoms with Crippen LogP contribution in [0.5, 0.6) is 0 Å². The van der Waals surface area contributed by atoms with Gasteiger partial charge < -0.3 is 10.2 Å². The van der Waals surface area contributed by atoms with Crippen LogP contribution in [0.1, 0.15) is 45.1 Å². The minimum Gasteiger partial charge on any atom is -0.353 e. The summed E-state index contributed by atoms with van der Waals surface area (Å²) in [6.45, 7) is 5.49. The van der Waals surface area contributed by atoms with Gasteiger partial charge in [-0.05, 0) is 37.3 Å². The monoisotopic (exact) mass is 328 g/mol. The molecule has 0 aliphatic carbocycles. The fourth-order valence-electron chi connectivity index (χ4n) is 3.01. The van der Waals surface area contributed by atoms with Crippen molar-refractivity contribution in [3.8, 4) is 0 Å². The molecule has 0 bridgehead atoms. The first-order chi connectivity index (χ1) is 11.6. The molecule has 0 aromatic heterocycles. The smallest absolute Gasteiger partial charge is 0.246 e. The van der Waals surface area contributed by atoms with Gasteiger partial charge in [-0.3, -0.25) is 9.59 Å². The van der Waals surface area contributed by atoms with E-state index in [9.17, 15) is 9.59 Å². The van der Waals surface area contributed by atoms with Gasteiger partial charge in [-0.15, -0.1) is 0 Å². The molecule has 130 valence electrons. The number of nitrogens with zero attached hydrogens (tertiary/aromatic N) is 1. The van der Waals surface area contributed by atoms with Gasteiger partial charge in [-0.2, -0.15) is 0 Å². The molecule has 0 radical (unpaired) electrons. The molecule has 0 saturated carbocycles. The van der Waals surface area contributed by atoms with Crippen LogP contribution in [0.2, 0.25) is 0 Å². The van der Waals surface area contributed by atoms with Gasteiger partial charge in [0.1, 0.15) is 0 Å². The van der Waals surface area contributed by atoms with Crippen LogP contribution in [-0.2, 0) is 9.59 Å². The van der Waals surface area contributed by atoms with Crippen LogP contribution in [0.15, 0.2) is 36.4 Å². The summed E-state index contributed by atoms with van der Waals surface area (Å²) in [4.78, 5) is 26.4. The van der Waals surface area contributed by atoms with Crippen molar-refractivity contribution in [2.45, 2.75) is 45.6 Å². The molecule has 0 unspecified atom stereocenters. The van der Waals surface area contributed by atoms with Crippen molar-refractivity contribution in [2.24, 2.45) is 5.92 Å². The fraction of sp³-hybridized carbons (Fsp3) is 0.500. The molecular weight excluding hydrogens is 300 g/mol. The number of amides is 2. The second kappa shape index (κ2) is 9.26. The zero-order chi connectivity index (χ0) is 17.4. The molecule has 1 aromatic carbocycles. The number of rotatable bonds is 6. The van der Waals surface area contributed by atoms with E-state index in [-0.39, 0.29) is 23.8 Å². The molecule has 1 saturated heterocycles. The summed E-state index contributed by atoms with van der Waals surface area (Å²) in [6, 6.07) is 10.1. The molecule has 0 spiro atoms. The molecule has 4 heteroatoms. The van der Waals surface area contributed by atoms with E-state index >= 15 is 0 Å². The minimum atomic E-state index is 0.0257. The predicted molar refractivity (Wildman–Crippen MR) is 97.3 cm³/mol. The highest BCUT2D eigenvalue weighted by Gasteiger charge is 2.27. The van der Waals surface area contributed by atoms with Gasteiger partial charge in [0.2, 0.25) is 11.8 Å². The highest BCUT2D eigenvalue weighted by atomic mass is 16.2. The maximum Gasteiger partial charge on any atom is 0.246 e. The summed E-state index contributed by atoms with van der Waals surface area (Å²) >= 11 is 0. The van der Waals surface area contributed by atoms with E-state index in [1.165, 1.54) is 0 Å². The van der Waals surface area contributed by atoms with Crippen LogP contribution >= 0.6 is 0 Å². The summed E-state index contributed by atoms with van der Waals surface area (Å²) in [6.07, 6.45) is 6.88. The number of likely N-dealkylation sites (tertiary alicyclic amines) is 1. The summed E-state index contributed by atoms with van der Waals surface area (Å²) in [5.41, 5.74) is 1.02. The van der Waals surface area contributed by atoms with Crippen LogP contribution in [-0.4, -0.2) is 35.8 Å². The van der Waals surface area contributed by atoms with Crippen LogP contribution in [0, 0.1) is 5.92 Å². The third-order valence-electron chi connectivity index (χ3n) is 4.73. The molecule has 0 atom stereocenters. The van der Waals surface area contributed by atoms with Crippen LogP contribution in [0.4, 0.5) is 0 Å². The Labute approximate surface area is 144 Å². The number of hydrogen-bond donors (Lipinski definition) is 1. The molecule has 1 aliphatic rings. The summed E-state index contributed by atoms with van der Waals surface area (Å²) in [5, 5.41) is 3.12. The van der Waals surface area contributed by atoms with E-state index < -0.39 is 0 Å². The zero-order valence-electron chi connectivity index (χ0n) is 14.7. The number of benzene rings is 1. The van der Waals surface area contributed by atoms with E-state index in [1.807, 2.05) is 41.3 Å². The topological polar surface area (TPSA) is 49.4 Å². The van der Waals surface area contributed by atoms with Crippen molar-refractivity contribution in [1.82, 2.24) is 10.2 Å². The van der Waals surface area contributed by atoms with E-state index in [1.54, 1.807) is 6.08 Å². The average molecular weight is 328 g/mol. The largest absolute Gasteiger partial charge is 0.353 e. The Morgan fingerprint density at radius 2 is 1.79 bits per heavy atom. The Bertz CT molecular complexity index is 556. The van der Waals surface area contributed by atoms with Gasteiger partial charge in [-0.25, -0.2) is 0 Å². The van der Waals surface area contributed by atoms with Gasteiger partial charge in [0.25, 0.3) is 0 Å². The normalized spacial score (nSPS) is 15.9. The van der Waals surface area contributed by atoms with Gasteiger partial charge in [-0.1, -0.05) is 44.2 Å². The maximum atomic E-state index is 12.3. The lowest BCUT2D eigenvalue weighted by Gasteiger charge is -2.31. The van der Waals surface area contributed by atoms with Gasteiger partial charge >= 0.3 is 0 Å². The third kappa shape index (κ3) is 5.22. The first-order valence-electron chi connectivity index (χ1n) is 8.96. The van der Waals surface area contributed by atoms with Gasteiger partial charge in [0.15, 0.2) is 0 Å². The molecular formula is C20H28N2O2. The molecule has 1 fully saturated rings. The van der Waals surface area contributed by atoms with E-state index in [0.29, 0.717) is 13.1 Å². The molecule has 2 rings (SSSR count). The fourth-order valence-corrected chi connectivity index (χ4v) is 3.01. The summed E-state index contributed by atoms with van der Waals surface area (Å²) in [7, 11) is 0. The Morgan fingerprint density at radius 1 is 1.17 bits per heavy atom. The second-order valence-corrected chi connectivity index (χ2v) is 6.37. The Hall–Kier alpha value is -2.10. The molecule has 1 N–H and O–H groups in total. The third-order valence-corrected chi connectivity index (χ3v) is 4.73. The lowest BCUT2D eigenvalue weighted by Crippen LogP contribution is -2.44. The standard InChI is InChI=1S/C20H28N2O2/c1-3-18(4-2)21-20(24)17-12-14-22(15-13-17)19(23)11-10-16-8-6-5-7-9-16/h5-11,17-18H,3-4,12-15H2,1-2H3,(H,21,24)/b11-10+. The lowest BCUT2D eigenvalue weighted by molar-refractivity contribution is -0.132. The highest BCUT2D eigenvalue weighted by molar-refractivity contribution is 5.92. The Balaban J connectivity index is 1.80. The van der Waals surface area contributed by atoms with E-state index in [0.717, 1.165) is 31.2 Å². The first kappa shape index (κ1) is 18.2. The summed E-state index contributed by atoms with van der Waals surface area (Å²) in [5.74, 6) is 0.209. The summed E-state index contributed by atoms with van der Waals surface area (Å²) < 4.78 is 0. The number of carbonyl (C=O) groups is 2. The van der Waals surface area contributed by atoms with Crippen molar-refractivity contribution in [1.29, 1.82) is 0 Å². The zero-order valence-corrected chi connectivity index (χ0v) is 14.7. The minimum absolute atomic E-state index is 0.0257. The Morgan fingerprint density at radius 3 is 2.38 bits per heavy atom. The molecule has 24 heavy (non-hydrogen) atoms. The van der Waals surface area contributed by atoms with Crippen LogP contribution in [0.3, 0.4) is 0 Å². The first-order valence-corrected chi connectivity index (χ1v) is 8.96. The van der Waals surface area contributed by atoms with Crippen molar-refractivity contribution in [3.05, 3.63) is 42.0 Å². The number of nitrogens with one attached hydrogen (secondary N) is 1. The molecule has 1 heterocycles. The van der Waals surface area contributed by atoms with Crippen molar-refractivity contribution in [2.75, 3.05) is 13.1 Å². The van der Waals surface area contributed by atoms with Gasteiger partial charge in [0, 0.05) is 31.1 Å². The molecule has 1 aromatic rings. The van der Waals surface area contributed by atoms with Crippen molar-refractivity contribution in [3.63, 3.8) is 0 Å². The van der Waals surface area contributed by atoms with Crippen LogP contribution in [0.25, 0.3) is 6.08 Å². The highest BCUT2D eigenvalue weighted by Crippen LogP contribution is 2.18. The van der Waals surface area contributed by atoms with E-state index in [4.69, 9.17) is 0 Å². The number of piperidine rings is 1. The SMILES string of the molecule is CCC(CC)NC(=O)C1CCN(C(=O)/C=C/c2ccccc2)CC1. The quantitative estimate of drug-likeness (QED) is 0.815. The lowest BCUT2D eigenvalue weighted by atomic mass is 9.95.